The molecule has 1 rings (SSSR count). The smallest absolute Gasteiger partial charge is 0.417 e. The highest BCUT2D eigenvalue weighted by atomic mass is 19.4. The van der Waals surface area contributed by atoms with Gasteiger partial charge in [-0.1, -0.05) is 13.3 Å². The van der Waals surface area contributed by atoms with Crippen LogP contribution in [0.4, 0.5) is 13.2 Å². The van der Waals surface area contributed by atoms with E-state index in [1.807, 2.05) is 6.92 Å². The highest BCUT2D eigenvalue weighted by Gasteiger charge is 2.34. The number of unbranched alkanes of at least 4 members (excludes halogenated alkanes) is 1. The SMILES string of the molecule is CCCCOCCOc1ccc(C(=N)N)c(C(F)(F)F)c1. The van der Waals surface area contributed by atoms with Gasteiger partial charge >= 0.3 is 6.18 Å². The van der Waals surface area contributed by atoms with Gasteiger partial charge in [-0.2, -0.15) is 13.2 Å². The molecule has 118 valence electrons. The van der Waals surface area contributed by atoms with Crippen LogP contribution in [0.25, 0.3) is 0 Å². The fourth-order valence-corrected chi connectivity index (χ4v) is 1.65. The first-order valence-corrected chi connectivity index (χ1v) is 6.62. The summed E-state index contributed by atoms with van der Waals surface area (Å²) < 4.78 is 49.1. The van der Waals surface area contributed by atoms with E-state index in [0.29, 0.717) is 13.2 Å². The Labute approximate surface area is 121 Å². The lowest BCUT2D eigenvalue weighted by Crippen LogP contribution is -2.19. The van der Waals surface area contributed by atoms with Crippen molar-refractivity contribution in [2.45, 2.75) is 25.9 Å². The Balaban J connectivity index is 2.66. The molecule has 0 fully saturated rings. The van der Waals surface area contributed by atoms with Crippen LogP contribution in [0.3, 0.4) is 0 Å². The molecule has 0 aliphatic carbocycles. The van der Waals surface area contributed by atoms with E-state index in [4.69, 9.17) is 20.6 Å². The number of ether oxygens (including phenoxy) is 2. The Morgan fingerprint density at radius 1 is 1.24 bits per heavy atom. The van der Waals surface area contributed by atoms with Crippen molar-refractivity contribution in [1.82, 2.24) is 0 Å². The summed E-state index contributed by atoms with van der Waals surface area (Å²) in [6.45, 7) is 3.13. The lowest BCUT2D eigenvalue weighted by molar-refractivity contribution is -0.137. The molecule has 4 nitrogen and oxygen atoms in total. The van der Waals surface area contributed by atoms with E-state index in [-0.39, 0.29) is 17.9 Å². The number of rotatable bonds is 8. The molecule has 0 heterocycles. The monoisotopic (exact) mass is 304 g/mol. The predicted octanol–water partition coefficient (Wildman–Crippen LogP) is 3.18. The van der Waals surface area contributed by atoms with Crippen LogP contribution >= 0.6 is 0 Å². The van der Waals surface area contributed by atoms with Gasteiger partial charge in [0.1, 0.15) is 18.2 Å². The fraction of sp³-hybridized carbons (Fsp3) is 0.500. The van der Waals surface area contributed by atoms with Gasteiger partial charge in [0.15, 0.2) is 0 Å². The third-order valence-corrected chi connectivity index (χ3v) is 2.73. The van der Waals surface area contributed by atoms with E-state index in [0.717, 1.165) is 25.0 Å². The second kappa shape index (κ2) is 7.87. The molecule has 0 radical (unpaired) electrons. The summed E-state index contributed by atoms with van der Waals surface area (Å²) in [5.74, 6) is -0.553. The second-order valence-electron chi connectivity index (χ2n) is 4.43. The maximum Gasteiger partial charge on any atom is 0.417 e. The first-order chi connectivity index (χ1) is 9.86. The molecule has 0 aliphatic rings. The first kappa shape index (κ1) is 17.3. The van der Waals surface area contributed by atoms with E-state index < -0.39 is 17.6 Å². The maximum atomic E-state index is 12.9. The van der Waals surface area contributed by atoms with Crippen LogP contribution in [-0.4, -0.2) is 25.7 Å². The van der Waals surface area contributed by atoms with E-state index in [9.17, 15) is 13.2 Å². The Morgan fingerprint density at radius 3 is 2.52 bits per heavy atom. The molecule has 0 bridgehead atoms. The van der Waals surface area contributed by atoms with Gasteiger partial charge in [0.2, 0.25) is 0 Å². The summed E-state index contributed by atoms with van der Waals surface area (Å²) in [6, 6.07) is 3.35. The topological polar surface area (TPSA) is 68.3 Å². The Kier molecular flexibility index (Phi) is 6.48. The lowest BCUT2D eigenvalue weighted by Gasteiger charge is -2.14. The van der Waals surface area contributed by atoms with Gasteiger partial charge in [0.05, 0.1) is 12.2 Å². The minimum absolute atomic E-state index is 0.0754. The normalized spacial score (nSPS) is 11.4. The zero-order chi connectivity index (χ0) is 15.9. The van der Waals surface area contributed by atoms with Crippen LogP contribution in [-0.2, 0) is 10.9 Å². The molecule has 7 heteroatoms. The minimum atomic E-state index is -4.59. The van der Waals surface area contributed by atoms with Crippen LogP contribution in [0.1, 0.15) is 30.9 Å². The van der Waals surface area contributed by atoms with E-state index in [1.54, 1.807) is 0 Å². The minimum Gasteiger partial charge on any atom is -0.491 e. The summed E-state index contributed by atoms with van der Waals surface area (Å²) in [7, 11) is 0. The zero-order valence-corrected chi connectivity index (χ0v) is 11.8. The van der Waals surface area contributed by atoms with Gasteiger partial charge in [-0.25, -0.2) is 0 Å². The maximum absolute atomic E-state index is 12.9. The van der Waals surface area contributed by atoms with Gasteiger partial charge in [0, 0.05) is 12.2 Å². The summed E-state index contributed by atoms with van der Waals surface area (Å²) >= 11 is 0. The molecule has 0 amide bonds. The Morgan fingerprint density at radius 2 is 1.95 bits per heavy atom. The summed E-state index contributed by atoms with van der Waals surface area (Å²) in [4.78, 5) is 0. The van der Waals surface area contributed by atoms with Crippen LogP contribution in [0.5, 0.6) is 5.75 Å². The number of amidine groups is 1. The number of alkyl halides is 3. The molecule has 0 saturated heterocycles. The molecule has 1 aromatic carbocycles. The van der Waals surface area contributed by atoms with Crippen LogP contribution in [0.2, 0.25) is 0 Å². The number of nitrogens with two attached hydrogens (primary N) is 1. The Hall–Kier alpha value is -1.76. The van der Waals surface area contributed by atoms with E-state index in [2.05, 4.69) is 0 Å². The number of hydrogen-bond donors (Lipinski definition) is 2. The van der Waals surface area contributed by atoms with Crippen molar-refractivity contribution in [2.75, 3.05) is 19.8 Å². The van der Waals surface area contributed by atoms with Gasteiger partial charge in [-0.15, -0.1) is 0 Å². The molecular formula is C14H19F3N2O2. The molecule has 0 aliphatic heterocycles. The van der Waals surface area contributed by atoms with Crippen molar-refractivity contribution in [3.8, 4) is 5.75 Å². The molecular weight excluding hydrogens is 285 g/mol. The van der Waals surface area contributed by atoms with Crippen molar-refractivity contribution in [3.05, 3.63) is 29.3 Å². The molecule has 3 N–H and O–H groups in total. The molecule has 0 aromatic heterocycles. The van der Waals surface area contributed by atoms with Crippen molar-refractivity contribution in [1.29, 1.82) is 5.41 Å². The van der Waals surface area contributed by atoms with Crippen molar-refractivity contribution in [2.24, 2.45) is 5.73 Å². The summed E-state index contributed by atoms with van der Waals surface area (Å²) in [5.41, 5.74) is 3.83. The predicted molar refractivity (Wildman–Crippen MR) is 73.7 cm³/mol. The molecule has 1 aromatic rings. The van der Waals surface area contributed by atoms with Crippen LogP contribution in [0.15, 0.2) is 18.2 Å². The fourth-order valence-electron chi connectivity index (χ4n) is 1.65. The molecule has 0 spiro atoms. The zero-order valence-electron chi connectivity index (χ0n) is 11.8. The van der Waals surface area contributed by atoms with Gasteiger partial charge in [0.25, 0.3) is 0 Å². The standard InChI is InChI=1S/C14H19F3N2O2/c1-2-3-6-20-7-8-21-10-4-5-11(13(18)19)12(9-10)14(15,16)17/h4-5,9H,2-3,6-8H2,1H3,(H3,18,19). The van der Waals surface area contributed by atoms with Crippen LogP contribution < -0.4 is 10.5 Å². The number of nitrogens with one attached hydrogen (secondary N) is 1. The molecule has 0 unspecified atom stereocenters. The third kappa shape index (κ3) is 5.63. The number of nitrogen functional groups attached to an aromatic ring is 1. The Bertz CT molecular complexity index is 476. The number of benzene rings is 1. The lowest BCUT2D eigenvalue weighted by atomic mass is 10.1. The van der Waals surface area contributed by atoms with Gasteiger partial charge in [-0.05, 0) is 24.6 Å². The van der Waals surface area contributed by atoms with Gasteiger partial charge < -0.3 is 15.2 Å². The van der Waals surface area contributed by atoms with Crippen molar-refractivity contribution in [3.63, 3.8) is 0 Å². The van der Waals surface area contributed by atoms with Gasteiger partial charge in [-0.3, -0.25) is 5.41 Å². The van der Waals surface area contributed by atoms with E-state index in [1.165, 1.54) is 6.07 Å². The average molecular weight is 304 g/mol. The molecule has 0 atom stereocenters. The second-order valence-corrected chi connectivity index (χ2v) is 4.43. The van der Waals surface area contributed by atoms with Crippen molar-refractivity contribution < 1.29 is 22.6 Å². The quantitative estimate of drug-likeness (QED) is 0.440. The first-order valence-electron chi connectivity index (χ1n) is 6.62. The number of hydrogen-bond acceptors (Lipinski definition) is 3. The number of halogens is 3. The molecule has 0 saturated carbocycles. The van der Waals surface area contributed by atoms with E-state index >= 15 is 0 Å². The highest BCUT2D eigenvalue weighted by molar-refractivity contribution is 5.96. The molecule has 21 heavy (non-hydrogen) atoms. The summed E-state index contributed by atoms with van der Waals surface area (Å²) in [6.07, 6.45) is -2.63. The summed E-state index contributed by atoms with van der Waals surface area (Å²) in [5, 5.41) is 7.18. The third-order valence-electron chi connectivity index (χ3n) is 2.73. The average Bonchev–Trinajstić information content (AvgIpc) is 2.41. The van der Waals surface area contributed by atoms with Crippen molar-refractivity contribution >= 4 is 5.84 Å². The largest absolute Gasteiger partial charge is 0.491 e. The highest BCUT2D eigenvalue weighted by Crippen LogP contribution is 2.34. The van der Waals surface area contributed by atoms with Crippen LogP contribution in [0, 0.1) is 5.41 Å².